The fourth-order valence-corrected chi connectivity index (χ4v) is 2.82. The van der Waals surface area contributed by atoms with E-state index in [0.29, 0.717) is 26.2 Å². The molecule has 3 N–H and O–H groups in total. The Morgan fingerprint density at radius 2 is 1.92 bits per heavy atom. The normalized spacial score (nSPS) is 17.2. The lowest BCUT2D eigenvalue weighted by Gasteiger charge is -2.38. The molecule has 0 spiro atoms. The predicted octanol–water partition coefficient (Wildman–Crippen LogP) is 1.46. The maximum Gasteiger partial charge on any atom is 0.417 e. The first-order chi connectivity index (χ1) is 11.6. The molecule has 0 unspecified atom stereocenters. The summed E-state index contributed by atoms with van der Waals surface area (Å²) >= 11 is 5.94. The number of anilines is 1. The number of amides is 3. The lowest BCUT2D eigenvalue weighted by Crippen LogP contribution is -2.55. The van der Waals surface area contributed by atoms with Gasteiger partial charge in [-0.3, -0.25) is 15.0 Å². The van der Waals surface area contributed by atoms with Crippen molar-refractivity contribution in [1.29, 1.82) is 0 Å². The summed E-state index contributed by atoms with van der Waals surface area (Å²) in [4.78, 5) is 29.9. The van der Waals surface area contributed by atoms with Crippen molar-refractivity contribution in [2.75, 3.05) is 31.1 Å². The lowest BCUT2D eigenvalue weighted by molar-refractivity contribution is -0.137. The van der Waals surface area contributed by atoms with Gasteiger partial charge in [-0.2, -0.15) is 13.2 Å². The van der Waals surface area contributed by atoms with Crippen LogP contribution in [0.25, 0.3) is 0 Å². The lowest BCUT2D eigenvalue weighted by atomic mass is 10.2. The van der Waals surface area contributed by atoms with E-state index in [1.807, 2.05) is 10.2 Å². The van der Waals surface area contributed by atoms with Crippen molar-refractivity contribution in [2.24, 2.45) is 5.73 Å². The smallest absolute Gasteiger partial charge is 0.353 e. The Bertz CT molecular complexity index is 662. The standard InChI is InChI=1S/C14H17ClF3N5O2/c1-8(12(24)21-13(19)25)22-2-4-23(5-3-22)11-10(15)6-9(7-20-11)14(16,17)18/h6-8H,2-5H2,1H3,(H3,19,21,24,25)/t8-/m0/s1. The molecule has 0 saturated carbocycles. The Morgan fingerprint density at radius 3 is 2.40 bits per heavy atom. The highest BCUT2D eigenvalue weighted by molar-refractivity contribution is 6.33. The number of hydrogen-bond acceptors (Lipinski definition) is 5. The minimum absolute atomic E-state index is 0.0807. The topological polar surface area (TPSA) is 91.6 Å². The Balaban J connectivity index is 2.00. The molecule has 1 aliphatic rings. The molecule has 1 aromatic heterocycles. The molecule has 0 bridgehead atoms. The number of primary amides is 1. The minimum atomic E-state index is -4.50. The SMILES string of the molecule is C[C@@H](C(=O)NC(N)=O)N1CCN(c2ncc(C(F)(F)F)cc2Cl)CC1. The van der Waals surface area contributed by atoms with E-state index in [1.54, 1.807) is 11.8 Å². The van der Waals surface area contributed by atoms with Crippen LogP contribution in [0, 0.1) is 0 Å². The molecule has 3 amide bonds. The van der Waals surface area contributed by atoms with Crippen LogP contribution in [0.15, 0.2) is 12.3 Å². The first-order valence-corrected chi connectivity index (χ1v) is 7.79. The zero-order valence-corrected chi connectivity index (χ0v) is 14.1. The van der Waals surface area contributed by atoms with Crippen LogP contribution in [-0.4, -0.2) is 54.0 Å². The Labute approximate surface area is 146 Å². The molecule has 7 nitrogen and oxygen atoms in total. The van der Waals surface area contributed by atoms with Crippen LogP contribution >= 0.6 is 11.6 Å². The predicted molar refractivity (Wildman–Crippen MR) is 85.2 cm³/mol. The fourth-order valence-electron chi connectivity index (χ4n) is 2.53. The molecule has 1 saturated heterocycles. The van der Waals surface area contributed by atoms with Gasteiger partial charge in [-0.25, -0.2) is 9.78 Å². The van der Waals surface area contributed by atoms with E-state index >= 15 is 0 Å². The number of nitrogens with two attached hydrogens (primary N) is 1. The highest BCUT2D eigenvalue weighted by Gasteiger charge is 2.33. The number of rotatable bonds is 3. The number of imide groups is 1. The number of nitrogens with zero attached hydrogens (tertiary/aromatic N) is 3. The number of carbonyl (C=O) groups is 2. The van der Waals surface area contributed by atoms with Gasteiger partial charge in [0, 0.05) is 32.4 Å². The summed E-state index contributed by atoms with van der Waals surface area (Å²) in [5.74, 6) is -0.241. The van der Waals surface area contributed by atoms with Gasteiger partial charge < -0.3 is 10.6 Å². The van der Waals surface area contributed by atoms with Gasteiger partial charge in [-0.15, -0.1) is 0 Å². The molecule has 11 heteroatoms. The van der Waals surface area contributed by atoms with Gasteiger partial charge in [-0.1, -0.05) is 11.6 Å². The molecule has 1 atom stereocenters. The molecule has 1 aromatic rings. The Kier molecular flexibility index (Phi) is 5.73. The number of halogens is 4. The number of alkyl halides is 3. The number of piperazine rings is 1. The summed E-state index contributed by atoms with van der Waals surface area (Å²) in [6.45, 7) is 3.38. The average Bonchev–Trinajstić information content (AvgIpc) is 2.53. The quantitative estimate of drug-likeness (QED) is 0.829. The third-order valence-electron chi connectivity index (χ3n) is 3.94. The number of pyridine rings is 1. The van der Waals surface area contributed by atoms with E-state index in [9.17, 15) is 22.8 Å². The van der Waals surface area contributed by atoms with Crippen LogP contribution in [0.5, 0.6) is 0 Å². The van der Waals surface area contributed by atoms with Gasteiger partial charge in [0.1, 0.15) is 5.82 Å². The summed E-state index contributed by atoms with van der Waals surface area (Å²) in [5.41, 5.74) is 4.01. The molecule has 0 radical (unpaired) electrons. The molecule has 0 aliphatic carbocycles. The Hall–Kier alpha value is -2.07. The summed E-state index contributed by atoms with van der Waals surface area (Å²) in [7, 11) is 0. The van der Waals surface area contributed by atoms with E-state index < -0.39 is 29.7 Å². The van der Waals surface area contributed by atoms with Crippen LogP contribution < -0.4 is 16.0 Å². The monoisotopic (exact) mass is 379 g/mol. The highest BCUT2D eigenvalue weighted by atomic mass is 35.5. The first kappa shape index (κ1) is 19.3. The maximum absolute atomic E-state index is 12.7. The number of aromatic nitrogens is 1. The minimum Gasteiger partial charge on any atom is -0.353 e. The Morgan fingerprint density at radius 1 is 1.32 bits per heavy atom. The van der Waals surface area contributed by atoms with Crippen LogP contribution in [0.3, 0.4) is 0 Å². The zero-order valence-electron chi connectivity index (χ0n) is 13.3. The fraction of sp³-hybridized carbons (Fsp3) is 0.500. The average molecular weight is 380 g/mol. The molecule has 1 fully saturated rings. The van der Waals surface area contributed by atoms with Crippen LogP contribution in [-0.2, 0) is 11.0 Å². The van der Waals surface area contributed by atoms with Crippen LogP contribution in [0.1, 0.15) is 12.5 Å². The number of nitrogens with one attached hydrogen (secondary N) is 1. The van der Waals surface area contributed by atoms with Crippen LogP contribution in [0.4, 0.5) is 23.8 Å². The molecular formula is C14H17ClF3N5O2. The molecular weight excluding hydrogens is 363 g/mol. The van der Waals surface area contributed by atoms with Crippen LogP contribution in [0.2, 0.25) is 5.02 Å². The van der Waals surface area contributed by atoms with E-state index in [2.05, 4.69) is 4.98 Å². The third-order valence-corrected chi connectivity index (χ3v) is 4.21. The third kappa shape index (κ3) is 4.73. The summed E-state index contributed by atoms with van der Waals surface area (Å²) in [6, 6.07) is -0.638. The van der Waals surface area contributed by atoms with Gasteiger partial charge in [0.2, 0.25) is 5.91 Å². The van der Waals surface area contributed by atoms with Gasteiger partial charge in [0.15, 0.2) is 0 Å². The molecule has 138 valence electrons. The maximum atomic E-state index is 12.7. The molecule has 25 heavy (non-hydrogen) atoms. The van der Waals surface area contributed by atoms with Crippen molar-refractivity contribution in [3.63, 3.8) is 0 Å². The van der Waals surface area contributed by atoms with E-state index in [1.165, 1.54) is 0 Å². The van der Waals surface area contributed by atoms with Crippen molar-refractivity contribution in [1.82, 2.24) is 15.2 Å². The number of carbonyl (C=O) groups excluding carboxylic acids is 2. The van der Waals surface area contributed by atoms with Gasteiger partial charge in [0.05, 0.1) is 16.6 Å². The van der Waals surface area contributed by atoms with Gasteiger partial charge >= 0.3 is 12.2 Å². The second-order valence-corrected chi connectivity index (χ2v) is 5.99. The van der Waals surface area contributed by atoms with Crippen molar-refractivity contribution in [2.45, 2.75) is 19.1 Å². The second kappa shape index (κ2) is 7.44. The summed E-state index contributed by atoms with van der Waals surface area (Å²) < 4.78 is 38.0. The number of urea groups is 1. The largest absolute Gasteiger partial charge is 0.417 e. The molecule has 0 aromatic carbocycles. The molecule has 1 aliphatic heterocycles. The van der Waals surface area contributed by atoms with Crippen molar-refractivity contribution in [3.05, 3.63) is 22.8 Å². The molecule has 2 heterocycles. The van der Waals surface area contributed by atoms with E-state index in [-0.39, 0.29) is 10.8 Å². The summed E-state index contributed by atoms with van der Waals surface area (Å²) in [5, 5.41) is 1.94. The van der Waals surface area contributed by atoms with E-state index in [0.717, 1.165) is 12.3 Å². The molecule has 2 rings (SSSR count). The first-order valence-electron chi connectivity index (χ1n) is 7.41. The number of hydrogen-bond donors (Lipinski definition) is 2. The van der Waals surface area contributed by atoms with E-state index in [4.69, 9.17) is 17.3 Å². The van der Waals surface area contributed by atoms with Gasteiger partial charge in [0.25, 0.3) is 0 Å². The highest BCUT2D eigenvalue weighted by Crippen LogP contribution is 2.33. The van der Waals surface area contributed by atoms with Gasteiger partial charge in [-0.05, 0) is 13.0 Å². The van der Waals surface area contributed by atoms with Crippen molar-refractivity contribution >= 4 is 29.4 Å². The second-order valence-electron chi connectivity index (χ2n) is 5.58. The summed E-state index contributed by atoms with van der Waals surface area (Å²) in [6.07, 6.45) is -3.76. The van der Waals surface area contributed by atoms with Crippen molar-refractivity contribution < 1.29 is 22.8 Å². The van der Waals surface area contributed by atoms with Crippen molar-refractivity contribution in [3.8, 4) is 0 Å². The zero-order chi connectivity index (χ0) is 18.8.